The number of benzene rings is 2. The molecule has 4 rings (SSSR count). The molecule has 1 N–H and O–H groups in total. The Hall–Kier alpha value is -3.37. The molecule has 1 aliphatic heterocycles. The molecule has 3 aromatic rings. The van der Waals surface area contributed by atoms with Crippen molar-refractivity contribution < 1.29 is 22.7 Å². The van der Waals surface area contributed by atoms with Gasteiger partial charge in [-0.1, -0.05) is 26.0 Å². The number of amides is 1. The van der Waals surface area contributed by atoms with Gasteiger partial charge < -0.3 is 14.8 Å². The summed E-state index contributed by atoms with van der Waals surface area (Å²) in [6, 6.07) is 13.4. The standard InChI is InChI=1S/C23H26N4O5S/c1-3-27(4-2)33(29,30)20-11-9-17(10-12-20)23(28)25-18-13-24-26(14-18)15-19-16-31-21-7-5-6-8-22(21)32-19/h5-14,19H,3-4,15-16H2,1-2H3,(H,25,28). The maximum Gasteiger partial charge on any atom is 0.255 e. The zero-order valence-corrected chi connectivity index (χ0v) is 19.3. The van der Waals surface area contributed by atoms with E-state index < -0.39 is 10.0 Å². The Morgan fingerprint density at radius 1 is 1.12 bits per heavy atom. The zero-order valence-electron chi connectivity index (χ0n) is 18.5. The number of nitrogens with zero attached hydrogens (tertiary/aromatic N) is 3. The van der Waals surface area contributed by atoms with Crippen molar-refractivity contribution in [1.29, 1.82) is 0 Å². The molecule has 174 valence electrons. The third-order valence-corrected chi connectivity index (χ3v) is 7.37. The maximum absolute atomic E-state index is 12.6. The molecule has 0 aliphatic carbocycles. The van der Waals surface area contributed by atoms with Gasteiger partial charge in [-0.2, -0.15) is 9.40 Å². The minimum atomic E-state index is -3.57. The van der Waals surface area contributed by atoms with E-state index in [1.807, 2.05) is 24.3 Å². The SMILES string of the molecule is CCN(CC)S(=O)(=O)c1ccc(C(=O)Nc2cnn(CC3COc4ccccc4O3)c2)cc1. The van der Waals surface area contributed by atoms with Gasteiger partial charge in [0.2, 0.25) is 10.0 Å². The Balaban J connectivity index is 1.37. The van der Waals surface area contributed by atoms with Crippen LogP contribution in [0, 0.1) is 0 Å². The first kappa shape index (κ1) is 22.8. The van der Waals surface area contributed by atoms with Crippen molar-refractivity contribution >= 4 is 21.6 Å². The van der Waals surface area contributed by atoms with E-state index >= 15 is 0 Å². The number of ether oxygens (including phenoxy) is 2. The first-order valence-corrected chi connectivity index (χ1v) is 12.2. The normalized spacial score (nSPS) is 15.4. The van der Waals surface area contributed by atoms with Crippen molar-refractivity contribution in [3.63, 3.8) is 0 Å². The van der Waals surface area contributed by atoms with Gasteiger partial charge in [0.05, 0.1) is 23.3 Å². The fourth-order valence-corrected chi connectivity index (χ4v) is 5.04. The van der Waals surface area contributed by atoms with Gasteiger partial charge in [-0.25, -0.2) is 8.42 Å². The van der Waals surface area contributed by atoms with Crippen LogP contribution in [0.1, 0.15) is 24.2 Å². The van der Waals surface area contributed by atoms with Crippen molar-refractivity contribution in [2.75, 3.05) is 25.0 Å². The highest BCUT2D eigenvalue weighted by Crippen LogP contribution is 2.31. The van der Waals surface area contributed by atoms with E-state index in [1.54, 1.807) is 30.9 Å². The fourth-order valence-electron chi connectivity index (χ4n) is 3.58. The summed E-state index contributed by atoms with van der Waals surface area (Å²) in [7, 11) is -3.57. The fraction of sp³-hybridized carbons (Fsp3) is 0.304. The van der Waals surface area contributed by atoms with E-state index in [9.17, 15) is 13.2 Å². The zero-order chi connectivity index (χ0) is 23.4. The second kappa shape index (κ2) is 9.63. The number of hydrogen-bond acceptors (Lipinski definition) is 6. The summed E-state index contributed by atoms with van der Waals surface area (Å²) in [5, 5.41) is 7.06. The van der Waals surface area contributed by atoms with Gasteiger partial charge >= 0.3 is 0 Å². The van der Waals surface area contributed by atoms with Crippen molar-refractivity contribution in [3.05, 3.63) is 66.5 Å². The van der Waals surface area contributed by atoms with Gasteiger partial charge in [-0.15, -0.1) is 0 Å². The number of carbonyl (C=O) groups excluding carboxylic acids is 1. The lowest BCUT2D eigenvalue weighted by atomic mass is 10.2. The second-order valence-corrected chi connectivity index (χ2v) is 9.45. The third kappa shape index (κ3) is 5.01. The van der Waals surface area contributed by atoms with Crippen LogP contribution in [0.15, 0.2) is 65.8 Å². The number of rotatable bonds is 8. The van der Waals surface area contributed by atoms with E-state index in [4.69, 9.17) is 9.47 Å². The monoisotopic (exact) mass is 470 g/mol. The first-order valence-electron chi connectivity index (χ1n) is 10.7. The van der Waals surface area contributed by atoms with Gasteiger partial charge in [-0.05, 0) is 36.4 Å². The van der Waals surface area contributed by atoms with Gasteiger partial charge in [-0.3, -0.25) is 9.48 Å². The maximum atomic E-state index is 12.6. The summed E-state index contributed by atoms with van der Waals surface area (Å²) >= 11 is 0. The summed E-state index contributed by atoms with van der Waals surface area (Å²) < 4.78 is 39.9. The lowest BCUT2D eigenvalue weighted by Crippen LogP contribution is -2.33. The van der Waals surface area contributed by atoms with Crippen LogP contribution in [0.25, 0.3) is 0 Å². The van der Waals surface area contributed by atoms with E-state index in [2.05, 4.69) is 10.4 Å². The van der Waals surface area contributed by atoms with Crippen LogP contribution < -0.4 is 14.8 Å². The average Bonchev–Trinajstić information content (AvgIpc) is 3.26. The predicted molar refractivity (Wildman–Crippen MR) is 123 cm³/mol. The predicted octanol–water partition coefficient (Wildman–Crippen LogP) is 3.01. The van der Waals surface area contributed by atoms with Crippen molar-refractivity contribution in [1.82, 2.24) is 14.1 Å². The molecule has 0 saturated carbocycles. The van der Waals surface area contributed by atoms with Crippen LogP contribution in [0.3, 0.4) is 0 Å². The smallest absolute Gasteiger partial charge is 0.255 e. The molecule has 0 radical (unpaired) electrons. The molecule has 1 aromatic heterocycles. The van der Waals surface area contributed by atoms with Crippen LogP contribution in [0.5, 0.6) is 11.5 Å². The summed E-state index contributed by atoms with van der Waals surface area (Å²) in [6.07, 6.45) is 3.05. The molecular weight excluding hydrogens is 444 g/mol. The van der Waals surface area contributed by atoms with Crippen molar-refractivity contribution in [2.45, 2.75) is 31.4 Å². The van der Waals surface area contributed by atoms with E-state index in [-0.39, 0.29) is 16.9 Å². The molecule has 10 heteroatoms. The largest absolute Gasteiger partial charge is 0.486 e. The Kier molecular flexibility index (Phi) is 6.66. The molecule has 1 amide bonds. The lowest BCUT2D eigenvalue weighted by Gasteiger charge is -2.26. The van der Waals surface area contributed by atoms with E-state index in [0.717, 1.165) is 5.75 Å². The first-order chi connectivity index (χ1) is 15.9. The number of sulfonamides is 1. The van der Waals surface area contributed by atoms with Crippen molar-refractivity contribution in [2.24, 2.45) is 0 Å². The van der Waals surface area contributed by atoms with Crippen LogP contribution in [-0.4, -0.2) is 54.2 Å². The molecule has 2 heterocycles. The van der Waals surface area contributed by atoms with Gasteiger partial charge in [0, 0.05) is 24.8 Å². The number of para-hydroxylation sites is 2. The molecule has 0 spiro atoms. The number of carbonyl (C=O) groups is 1. The topological polar surface area (TPSA) is 103 Å². The quantitative estimate of drug-likeness (QED) is 0.543. The van der Waals surface area contributed by atoms with Crippen LogP contribution in [-0.2, 0) is 16.6 Å². The highest BCUT2D eigenvalue weighted by atomic mass is 32.2. The minimum Gasteiger partial charge on any atom is -0.486 e. The van der Waals surface area contributed by atoms with Gasteiger partial charge in [0.1, 0.15) is 6.61 Å². The molecule has 2 aromatic carbocycles. The van der Waals surface area contributed by atoms with Gasteiger partial charge in [0.25, 0.3) is 5.91 Å². The number of anilines is 1. The number of fused-ring (bicyclic) bond motifs is 1. The molecule has 0 saturated heterocycles. The molecule has 0 bridgehead atoms. The Bertz CT molecular complexity index is 1220. The third-order valence-electron chi connectivity index (χ3n) is 5.31. The lowest BCUT2D eigenvalue weighted by molar-refractivity contribution is 0.0759. The number of aromatic nitrogens is 2. The van der Waals surface area contributed by atoms with Crippen LogP contribution in [0.4, 0.5) is 5.69 Å². The average molecular weight is 471 g/mol. The highest BCUT2D eigenvalue weighted by molar-refractivity contribution is 7.89. The summed E-state index contributed by atoms with van der Waals surface area (Å²) in [4.78, 5) is 12.8. The number of nitrogens with one attached hydrogen (secondary N) is 1. The summed E-state index contributed by atoms with van der Waals surface area (Å²) in [5.74, 6) is 1.06. The van der Waals surface area contributed by atoms with Crippen LogP contribution >= 0.6 is 0 Å². The van der Waals surface area contributed by atoms with Gasteiger partial charge in [0.15, 0.2) is 17.6 Å². The number of hydrogen-bond donors (Lipinski definition) is 1. The van der Waals surface area contributed by atoms with E-state index in [0.29, 0.717) is 43.2 Å². The molecular formula is C23H26N4O5S. The summed E-state index contributed by atoms with van der Waals surface area (Å²) in [5.41, 5.74) is 0.874. The Morgan fingerprint density at radius 2 is 1.82 bits per heavy atom. The molecule has 9 nitrogen and oxygen atoms in total. The Morgan fingerprint density at radius 3 is 2.52 bits per heavy atom. The van der Waals surface area contributed by atoms with Crippen LogP contribution in [0.2, 0.25) is 0 Å². The highest BCUT2D eigenvalue weighted by Gasteiger charge is 2.23. The summed E-state index contributed by atoms with van der Waals surface area (Å²) in [6.45, 7) is 5.21. The van der Waals surface area contributed by atoms with E-state index in [1.165, 1.54) is 28.6 Å². The molecule has 1 unspecified atom stereocenters. The Labute approximate surface area is 193 Å². The molecule has 0 fully saturated rings. The minimum absolute atomic E-state index is 0.159. The molecule has 33 heavy (non-hydrogen) atoms. The molecule has 1 aliphatic rings. The van der Waals surface area contributed by atoms with Crippen molar-refractivity contribution in [3.8, 4) is 11.5 Å². The molecule has 1 atom stereocenters. The second-order valence-electron chi connectivity index (χ2n) is 7.52.